The maximum atomic E-state index is 14.0. The summed E-state index contributed by atoms with van der Waals surface area (Å²) in [6.07, 6.45) is 0. The highest BCUT2D eigenvalue weighted by molar-refractivity contribution is 8.00. The van der Waals surface area contributed by atoms with Gasteiger partial charge in [0, 0.05) is 26.2 Å². The van der Waals surface area contributed by atoms with Gasteiger partial charge < -0.3 is 9.80 Å². The molecule has 0 saturated carbocycles. The van der Waals surface area contributed by atoms with E-state index in [9.17, 15) is 9.18 Å². The van der Waals surface area contributed by atoms with Crippen molar-refractivity contribution < 1.29 is 9.18 Å². The molecule has 0 N–H and O–H groups in total. The van der Waals surface area contributed by atoms with Gasteiger partial charge >= 0.3 is 0 Å². The van der Waals surface area contributed by atoms with E-state index < -0.39 is 0 Å². The molecule has 158 valence electrons. The Hall–Kier alpha value is -3.20. The normalized spacial score (nSPS) is 14.5. The number of rotatable bonds is 4. The predicted molar refractivity (Wildman–Crippen MR) is 119 cm³/mol. The molecule has 0 spiro atoms. The average molecular weight is 437 g/mol. The molecule has 1 aliphatic rings. The van der Waals surface area contributed by atoms with Gasteiger partial charge in [-0.3, -0.25) is 9.20 Å². The Morgan fingerprint density at radius 1 is 1.03 bits per heavy atom. The zero-order valence-corrected chi connectivity index (χ0v) is 17.8. The van der Waals surface area contributed by atoms with Crippen molar-refractivity contribution >= 4 is 40.0 Å². The highest BCUT2D eigenvalue weighted by atomic mass is 32.2. The largest absolute Gasteiger partial charge is 0.366 e. The van der Waals surface area contributed by atoms with E-state index in [2.05, 4.69) is 10.2 Å². The minimum absolute atomic E-state index is 0.0440. The topological polar surface area (TPSA) is 66.6 Å². The molecule has 0 aliphatic carbocycles. The molecular weight excluding hydrogens is 415 g/mol. The molecule has 31 heavy (non-hydrogen) atoms. The van der Waals surface area contributed by atoms with Crippen LogP contribution in [0.3, 0.4) is 0 Å². The van der Waals surface area contributed by atoms with Gasteiger partial charge in [0.05, 0.1) is 22.5 Å². The van der Waals surface area contributed by atoms with Gasteiger partial charge in [0.15, 0.2) is 5.65 Å². The number of hydrogen-bond donors (Lipinski definition) is 0. The third-order valence-electron chi connectivity index (χ3n) is 5.52. The van der Waals surface area contributed by atoms with Crippen molar-refractivity contribution in [3.63, 3.8) is 0 Å². The first-order chi connectivity index (χ1) is 15.1. The molecule has 4 aromatic rings. The van der Waals surface area contributed by atoms with Gasteiger partial charge in [0.2, 0.25) is 5.91 Å². The van der Waals surface area contributed by atoms with Gasteiger partial charge in [-0.2, -0.15) is 0 Å². The summed E-state index contributed by atoms with van der Waals surface area (Å²) in [6, 6.07) is 14.6. The first-order valence-corrected chi connectivity index (χ1v) is 11.1. The van der Waals surface area contributed by atoms with Gasteiger partial charge in [-0.05, 0) is 31.2 Å². The number of aromatic nitrogens is 4. The third-order valence-corrected chi connectivity index (χ3v) is 6.46. The zero-order chi connectivity index (χ0) is 21.4. The monoisotopic (exact) mass is 436 g/mol. The number of fused-ring (bicyclic) bond motifs is 3. The summed E-state index contributed by atoms with van der Waals surface area (Å²) in [6.45, 7) is 4.26. The number of benzene rings is 2. The Morgan fingerprint density at radius 2 is 1.77 bits per heavy atom. The first kappa shape index (κ1) is 19.7. The quantitative estimate of drug-likeness (QED) is 0.458. The van der Waals surface area contributed by atoms with Crippen LogP contribution in [0.15, 0.2) is 53.6 Å². The summed E-state index contributed by atoms with van der Waals surface area (Å²) in [5, 5.41) is 9.16. The number of hydrogen-bond acceptors (Lipinski definition) is 6. The highest BCUT2D eigenvalue weighted by Crippen LogP contribution is 2.26. The number of nitrogens with zero attached hydrogens (tertiary/aromatic N) is 6. The average Bonchev–Trinajstić information content (AvgIpc) is 3.20. The van der Waals surface area contributed by atoms with Crippen LogP contribution in [0.4, 0.5) is 10.1 Å². The van der Waals surface area contributed by atoms with Crippen molar-refractivity contribution in [1.82, 2.24) is 24.5 Å². The molecule has 0 bridgehead atoms. The fourth-order valence-electron chi connectivity index (χ4n) is 3.92. The lowest BCUT2D eigenvalue weighted by molar-refractivity contribution is -0.128. The molecule has 0 radical (unpaired) electrons. The van der Waals surface area contributed by atoms with Crippen LogP contribution in [0, 0.1) is 12.7 Å². The van der Waals surface area contributed by atoms with Gasteiger partial charge in [0.1, 0.15) is 16.7 Å². The van der Waals surface area contributed by atoms with E-state index in [-0.39, 0.29) is 17.5 Å². The molecule has 5 rings (SSSR count). The molecular formula is C22H21FN6OS. The number of anilines is 1. The van der Waals surface area contributed by atoms with Crippen LogP contribution in [0.5, 0.6) is 0 Å². The number of para-hydroxylation sites is 3. The second kappa shape index (κ2) is 8.14. The maximum Gasteiger partial charge on any atom is 0.233 e. The number of halogens is 1. The number of piperazine rings is 1. The van der Waals surface area contributed by atoms with Crippen molar-refractivity contribution in [2.45, 2.75) is 11.9 Å². The summed E-state index contributed by atoms with van der Waals surface area (Å²) in [5.74, 6) is 0.869. The molecule has 3 heterocycles. The van der Waals surface area contributed by atoms with Crippen molar-refractivity contribution in [2.75, 3.05) is 36.8 Å². The molecule has 1 saturated heterocycles. The van der Waals surface area contributed by atoms with E-state index in [4.69, 9.17) is 4.98 Å². The second-order valence-corrected chi connectivity index (χ2v) is 8.38. The minimum Gasteiger partial charge on any atom is -0.366 e. The summed E-state index contributed by atoms with van der Waals surface area (Å²) in [7, 11) is 0. The van der Waals surface area contributed by atoms with Gasteiger partial charge in [-0.25, -0.2) is 9.37 Å². The van der Waals surface area contributed by atoms with Gasteiger partial charge in [-0.15, -0.1) is 10.2 Å². The highest BCUT2D eigenvalue weighted by Gasteiger charge is 2.23. The Labute approximate surface area is 182 Å². The molecule has 1 aliphatic heterocycles. The SMILES string of the molecule is Cc1nnc2c(SCC(=O)N3CCN(c4ccccc4F)CC3)nc3ccccc3n12. The number of thioether (sulfide) groups is 1. The summed E-state index contributed by atoms with van der Waals surface area (Å²) >= 11 is 1.38. The molecule has 0 atom stereocenters. The number of amides is 1. The van der Waals surface area contributed by atoms with E-state index in [1.165, 1.54) is 17.8 Å². The van der Waals surface area contributed by atoms with Crippen LogP contribution in [0.25, 0.3) is 16.7 Å². The van der Waals surface area contributed by atoms with Gasteiger partial charge in [-0.1, -0.05) is 36.0 Å². The lowest BCUT2D eigenvalue weighted by atomic mass is 10.2. The van der Waals surface area contributed by atoms with Crippen molar-refractivity contribution in [3.05, 3.63) is 60.2 Å². The molecule has 2 aromatic carbocycles. The standard InChI is InChI=1S/C22H21FN6OS/c1-15-25-26-21-22(24-17-7-3-5-9-19(17)29(15)21)31-14-20(30)28-12-10-27(11-13-28)18-8-4-2-6-16(18)23/h2-9H,10-14H2,1H3. The van der Waals surface area contributed by atoms with Crippen LogP contribution in [-0.2, 0) is 4.79 Å². The lowest BCUT2D eigenvalue weighted by Crippen LogP contribution is -2.49. The predicted octanol–water partition coefficient (Wildman–Crippen LogP) is 3.17. The van der Waals surface area contributed by atoms with Crippen LogP contribution in [0.2, 0.25) is 0 Å². The van der Waals surface area contributed by atoms with Crippen molar-refractivity contribution in [3.8, 4) is 0 Å². The van der Waals surface area contributed by atoms with Crippen LogP contribution >= 0.6 is 11.8 Å². The Kier molecular flexibility index (Phi) is 5.19. The van der Waals surface area contributed by atoms with E-state index in [0.29, 0.717) is 42.5 Å². The molecule has 0 unspecified atom stereocenters. The van der Waals surface area contributed by atoms with E-state index in [1.807, 2.05) is 51.5 Å². The second-order valence-electron chi connectivity index (χ2n) is 7.42. The van der Waals surface area contributed by atoms with Crippen LogP contribution in [0.1, 0.15) is 5.82 Å². The molecule has 7 nitrogen and oxygen atoms in total. The van der Waals surface area contributed by atoms with E-state index in [0.717, 1.165) is 16.9 Å². The van der Waals surface area contributed by atoms with E-state index >= 15 is 0 Å². The number of aryl methyl sites for hydroxylation is 1. The van der Waals surface area contributed by atoms with Crippen molar-refractivity contribution in [2.24, 2.45) is 0 Å². The maximum absolute atomic E-state index is 14.0. The van der Waals surface area contributed by atoms with E-state index in [1.54, 1.807) is 12.1 Å². The molecule has 1 fully saturated rings. The Bertz CT molecular complexity index is 1270. The summed E-state index contributed by atoms with van der Waals surface area (Å²) in [4.78, 5) is 21.4. The summed E-state index contributed by atoms with van der Waals surface area (Å²) in [5.41, 5.74) is 3.04. The molecule has 1 amide bonds. The molecule has 2 aromatic heterocycles. The summed E-state index contributed by atoms with van der Waals surface area (Å²) < 4.78 is 16.0. The number of carbonyl (C=O) groups excluding carboxylic acids is 1. The molecule has 9 heteroatoms. The minimum atomic E-state index is -0.229. The number of carbonyl (C=O) groups is 1. The third kappa shape index (κ3) is 3.69. The smallest absolute Gasteiger partial charge is 0.233 e. The van der Waals surface area contributed by atoms with Crippen LogP contribution in [-0.4, -0.2) is 62.3 Å². The fourth-order valence-corrected chi connectivity index (χ4v) is 4.79. The lowest BCUT2D eigenvalue weighted by Gasteiger charge is -2.36. The fraction of sp³-hybridized carbons (Fsp3) is 0.273. The van der Waals surface area contributed by atoms with Crippen LogP contribution < -0.4 is 4.90 Å². The first-order valence-electron chi connectivity index (χ1n) is 10.1. The zero-order valence-electron chi connectivity index (χ0n) is 17.0. The van der Waals surface area contributed by atoms with Crippen molar-refractivity contribution in [1.29, 1.82) is 0 Å². The van der Waals surface area contributed by atoms with Gasteiger partial charge in [0.25, 0.3) is 0 Å². The Morgan fingerprint density at radius 3 is 2.58 bits per heavy atom. The Balaban J connectivity index is 1.28.